The minimum atomic E-state index is -1.02. The summed E-state index contributed by atoms with van der Waals surface area (Å²) in [4.78, 5) is 25.1. The number of hydrogen-bond acceptors (Lipinski definition) is 6. The molecule has 1 atom stereocenters. The Morgan fingerprint density at radius 1 is 1.17 bits per heavy atom. The van der Waals surface area contributed by atoms with Crippen molar-refractivity contribution in [2.45, 2.75) is 26.8 Å². The van der Waals surface area contributed by atoms with Gasteiger partial charge in [0.25, 0.3) is 0 Å². The van der Waals surface area contributed by atoms with Crippen molar-refractivity contribution in [2.24, 2.45) is 0 Å². The second-order valence-electron chi connectivity index (χ2n) is 8.57. The van der Waals surface area contributed by atoms with E-state index in [-0.39, 0.29) is 17.0 Å². The van der Waals surface area contributed by atoms with Crippen LogP contribution in [0.5, 0.6) is 0 Å². The van der Waals surface area contributed by atoms with Gasteiger partial charge in [0.15, 0.2) is 5.43 Å². The first-order chi connectivity index (χ1) is 16.7. The molecule has 1 aromatic heterocycles. The highest BCUT2D eigenvalue weighted by atomic mass is 16.4. The van der Waals surface area contributed by atoms with Gasteiger partial charge in [-0.15, -0.1) is 0 Å². The van der Waals surface area contributed by atoms with Gasteiger partial charge in [-0.25, -0.2) is 4.79 Å². The van der Waals surface area contributed by atoms with Crippen LogP contribution < -0.4 is 16.1 Å². The third-order valence-electron chi connectivity index (χ3n) is 6.00. The van der Waals surface area contributed by atoms with E-state index in [0.717, 1.165) is 11.1 Å². The Hall–Kier alpha value is -4.39. The van der Waals surface area contributed by atoms with E-state index < -0.39 is 5.97 Å². The smallest absolute Gasteiger partial charge is 0.337 e. The predicted octanol–water partition coefficient (Wildman–Crippen LogP) is 5.36. The molecule has 1 heterocycles. The minimum absolute atomic E-state index is 0.126. The Kier molecular flexibility index (Phi) is 6.42. The van der Waals surface area contributed by atoms with Crippen LogP contribution in [0.3, 0.4) is 0 Å². The van der Waals surface area contributed by atoms with Crippen LogP contribution in [0.25, 0.3) is 16.5 Å². The standard InChI is InChI=1S/C28H27N3O4/c1-15-11-21(17(3)31-24-8-6-5-7-20(24)28(33)34)27-22(12-15)25(32)16(2)26(35-27)18-9-10-23(29)19(13-18)14-30-4/h5-14,17,29-31H,1-4H3,(H,33,34)/b19-14-,29-23?/t17-/m0/s1. The van der Waals surface area contributed by atoms with Crippen LogP contribution >= 0.6 is 0 Å². The van der Waals surface area contributed by atoms with Crippen molar-refractivity contribution in [1.82, 2.24) is 5.32 Å². The molecule has 0 fully saturated rings. The average Bonchev–Trinajstić information content (AvgIpc) is 2.83. The van der Waals surface area contributed by atoms with Crippen molar-refractivity contribution in [2.75, 3.05) is 12.4 Å². The summed E-state index contributed by atoms with van der Waals surface area (Å²) in [5.41, 5.74) is 4.83. The molecule has 0 amide bonds. The number of aryl methyl sites for hydroxylation is 1. The van der Waals surface area contributed by atoms with E-state index in [2.05, 4.69) is 10.6 Å². The Morgan fingerprint density at radius 2 is 1.91 bits per heavy atom. The third-order valence-corrected chi connectivity index (χ3v) is 6.00. The van der Waals surface area contributed by atoms with Gasteiger partial charge in [0.05, 0.1) is 22.7 Å². The highest BCUT2D eigenvalue weighted by Crippen LogP contribution is 2.32. The SMILES string of the molecule is CN/C=C1/C=C(c2oc3c([C@H](C)Nc4ccccc4C(=O)O)cc(C)cc3c(=O)c2C)C=CC1=N. The molecule has 0 bridgehead atoms. The number of allylic oxidation sites excluding steroid dienone is 5. The number of hydrogen-bond donors (Lipinski definition) is 4. The van der Waals surface area contributed by atoms with E-state index >= 15 is 0 Å². The molecule has 0 unspecified atom stereocenters. The first-order valence-electron chi connectivity index (χ1n) is 11.2. The molecule has 0 aliphatic heterocycles. The number of carboxylic acid groups (broad SMARTS) is 1. The lowest BCUT2D eigenvalue weighted by atomic mass is 9.95. The molecule has 0 spiro atoms. The van der Waals surface area contributed by atoms with E-state index in [1.54, 1.807) is 56.6 Å². The number of anilines is 1. The van der Waals surface area contributed by atoms with Gasteiger partial charge in [0, 0.05) is 41.2 Å². The van der Waals surface area contributed by atoms with Crippen LogP contribution in [-0.4, -0.2) is 23.8 Å². The monoisotopic (exact) mass is 469 g/mol. The number of aromatic carboxylic acids is 1. The summed E-state index contributed by atoms with van der Waals surface area (Å²) in [5.74, 6) is -0.581. The molecule has 0 radical (unpaired) electrons. The summed E-state index contributed by atoms with van der Waals surface area (Å²) in [7, 11) is 1.76. The van der Waals surface area contributed by atoms with Crippen molar-refractivity contribution in [3.05, 3.63) is 105 Å². The van der Waals surface area contributed by atoms with Gasteiger partial charge in [-0.05, 0) is 62.8 Å². The largest absolute Gasteiger partial charge is 0.478 e. The lowest BCUT2D eigenvalue weighted by Crippen LogP contribution is -2.15. The predicted molar refractivity (Wildman–Crippen MR) is 139 cm³/mol. The van der Waals surface area contributed by atoms with Crippen molar-refractivity contribution in [3.63, 3.8) is 0 Å². The lowest BCUT2D eigenvalue weighted by Gasteiger charge is -2.20. The molecule has 1 aliphatic rings. The molecule has 4 N–H and O–H groups in total. The molecule has 7 heteroatoms. The Bertz CT molecular complexity index is 1510. The Balaban J connectivity index is 1.88. The maximum atomic E-state index is 13.4. The van der Waals surface area contributed by atoms with E-state index in [9.17, 15) is 14.7 Å². The fourth-order valence-electron chi connectivity index (χ4n) is 4.25. The Morgan fingerprint density at radius 3 is 2.63 bits per heavy atom. The number of benzene rings is 2. The average molecular weight is 470 g/mol. The molecular weight excluding hydrogens is 442 g/mol. The summed E-state index contributed by atoms with van der Waals surface area (Å²) in [6.45, 7) is 5.56. The zero-order chi connectivity index (χ0) is 25.3. The second kappa shape index (κ2) is 9.46. The molecule has 4 rings (SSSR count). The third kappa shape index (κ3) is 4.53. The summed E-state index contributed by atoms with van der Waals surface area (Å²) >= 11 is 0. The lowest BCUT2D eigenvalue weighted by molar-refractivity contribution is 0.0698. The van der Waals surface area contributed by atoms with Crippen molar-refractivity contribution < 1.29 is 14.3 Å². The number of fused-ring (bicyclic) bond motifs is 1. The van der Waals surface area contributed by atoms with Gasteiger partial charge in [-0.2, -0.15) is 0 Å². The van der Waals surface area contributed by atoms with Gasteiger partial charge < -0.3 is 25.6 Å². The van der Waals surface area contributed by atoms with Crippen molar-refractivity contribution >= 4 is 33.9 Å². The number of rotatable bonds is 6. The summed E-state index contributed by atoms with van der Waals surface area (Å²) in [5, 5.41) is 24.4. The molecule has 0 saturated heterocycles. The maximum Gasteiger partial charge on any atom is 0.337 e. The van der Waals surface area contributed by atoms with Crippen LogP contribution in [0.4, 0.5) is 5.69 Å². The number of nitrogens with one attached hydrogen (secondary N) is 3. The van der Waals surface area contributed by atoms with E-state index in [1.165, 1.54) is 0 Å². The van der Waals surface area contributed by atoms with E-state index in [1.807, 2.05) is 32.1 Å². The highest BCUT2D eigenvalue weighted by Gasteiger charge is 2.21. The van der Waals surface area contributed by atoms with Crippen molar-refractivity contribution in [3.8, 4) is 0 Å². The summed E-state index contributed by atoms with van der Waals surface area (Å²) < 4.78 is 6.40. The summed E-state index contributed by atoms with van der Waals surface area (Å²) in [6, 6.07) is 10.1. The number of carbonyl (C=O) groups is 1. The topological polar surface area (TPSA) is 115 Å². The first-order valence-corrected chi connectivity index (χ1v) is 11.2. The molecule has 178 valence electrons. The normalized spacial score (nSPS) is 15.3. The van der Waals surface area contributed by atoms with E-state index in [0.29, 0.717) is 44.8 Å². The zero-order valence-corrected chi connectivity index (χ0v) is 20.0. The van der Waals surface area contributed by atoms with Crippen LogP contribution in [0.2, 0.25) is 0 Å². The Labute approximate surface area is 203 Å². The van der Waals surface area contributed by atoms with Crippen LogP contribution in [0.1, 0.15) is 45.8 Å². The second-order valence-corrected chi connectivity index (χ2v) is 8.57. The fraction of sp³-hybridized carbons (Fsp3) is 0.179. The zero-order valence-electron chi connectivity index (χ0n) is 20.0. The number of carboxylic acids is 1. The van der Waals surface area contributed by atoms with Crippen molar-refractivity contribution in [1.29, 1.82) is 5.41 Å². The van der Waals surface area contributed by atoms with Crippen LogP contribution in [-0.2, 0) is 0 Å². The van der Waals surface area contributed by atoms with Gasteiger partial charge in [-0.3, -0.25) is 4.79 Å². The minimum Gasteiger partial charge on any atom is -0.478 e. The molecule has 1 aliphatic carbocycles. The van der Waals surface area contributed by atoms with Gasteiger partial charge >= 0.3 is 5.97 Å². The fourth-order valence-corrected chi connectivity index (χ4v) is 4.25. The number of para-hydroxylation sites is 1. The van der Waals surface area contributed by atoms with Gasteiger partial charge in [0.2, 0.25) is 0 Å². The summed E-state index contributed by atoms with van der Waals surface area (Å²) in [6.07, 6.45) is 6.98. The maximum absolute atomic E-state index is 13.4. The molecular formula is C28H27N3O4. The van der Waals surface area contributed by atoms with E-state index in [4.69, 9.17) is 9.83 Å². The van der Waals surface area contributed by atoms with Gasteiger partial charge in [0.1, 0.15) is 11.3 Å². The van der Waals surface area contributed by atoms with Crippen LogP contribution in [0.15, 0.2) is 75.6 Å². The first kappa shape index (κ1) is 23.8. The van der Waals surface area contributed by atoms with Crippen LogP contribution in [0, 0.1) is 19.3 Å². The molecule has 3 aromatic rings. The molecule has 35 heavy (non-hydrogen) atoms. The molecule has 7 nitrogen and oxygen atoms in total. The molecule has 2 aromatic carbocycles. The quantitative estimate of drug-likeness (QED) is 0.386. The van der Waals surface area contributed by atoms with Gasteiger partial charge in [-0.1, -0.05) is 18.2 Å². The highest BCUT2D eigenvalue weighted by molar-refractivity contribution is 6.13. The molecule has 0 saturated carbocycles.